The molecule has 0 saturated heterocycles. The highest BCUT2D eigenvalue weighted by molar-refractivity contribution is 9.10. The number of ether oxygens (including phenoxy) is 1. The average molecular weight is 679 g/mol. The third-order valence-corrected chi connectivity index (χ3v) is 9.65. The van der Waals surface area contributed by atoms with Crippen LogP contribution in [0.25, 0.3) is 0 Å². The van der Waals surface area contributed by atoms with Gasteiger partial charge in [0, 0.05) is 20.0 Å². The van der Waals surface area contributed by atoms with Crippen LogP contribution in [-0.2, 0) is 32.6 Å². The zero-order valence-corrected chi connectivity index (χ0v) is 27.6. The maximum Gasteiger partial charge on any atom is 0.264 e. The fourth-order valence-electron chi connectivity index (χ4n) is 4.90. The van der Waals surface area contributed by atoms with Gasteiger partial charge in [0.1, 0.15) is 18.3 Å². The van der Waals surface area contributed by atoms with Crippen molar-refractivity contribution in [3.63, 3.8) is 0 Å². The number of nitrogens with one attached hydrogen (secondary N) is 1. The molecular formula is C34H36BrN3O5S. The molecule has 0 saturated carbocycles. The zero-order valence-electron chi connectivity index (χ0n) is 25.2. The minimum atomic E-state index is -4.23. The van der Waals surface area contributed by atoms with Crippen molar-refractivity contribution < 1.29 is 22.7 Å². The highest BCUT2D eigenvalue weighted by Gasteiger charge is 2.34. The number of carbonyl (C=O) groups is 2. The minimum absolute atomic E-state index is 0.0177. The maximum absolute atomic E-state index is 14.4. The normalized spacial score (nSPS) is 11.8. The van der Waals surface area contributed by atoms with E-state index in [1.54, 1.807) is 30.3 Å². The van der Waals surface area contributed by atoms with Gasteiger partial charge in [0.2, 0.25) is 11.8 Å². The van der Waals surface area contributed by atoms with E-state index >= 15 is 0 Å². The fraction of sp³-hybridized carbons (Fsp3) is 0.235. The number of amides is 2. The molecule has 10 heteroatoms. The lowest BCUT2D eigenvalue weighted by Gasteiger charge is -2.33. The Morgan fingerprint density at radius 2 is 1.55 bits per heavy atom. The van der Waals surface area contributed by atoms with Crippen LogP contribution < -0.4 is 14.4 Å². The Bertz CT molecular complexity index is 1710. The van der Waals surface area contributed by atoms with Crippen LogP contribution in [0.5, 0.6) is 5.75 Å². The molecule has 0 aliphatic carbocycles. The van der Waals surface area contributed by atoms with Gasteiger partial charge in [-0.3, -0.25) is 13.9 Å². The number of hydrogen-bond acceptors (Lipinski definition) is 5. The standard InChI is InChI=1S/C34H36BrN3O5S/c1-24-13-15-28(16-14-24)38(44(41,42)29-17-18-32(43-4)30(35)21-29)23-33(39)37(22-27-12-8-9-25(2)19-27)31(34(40)36-3)20-26-10-6-5-7-11-26/h5-19,21,31H,20,22-23H2,1-4H3,(H,36,40)/t31-/m0/s1. The van der Waals surface area contributed by atoms with Crippen LogP contribution in [0.3, 0.4) is 0 Å². The van der Waals surface area contributed by atoms with Gasteiger partial charge in [0.15, 0.2) is 0 Å². The van der Waals surface area contributed by atoms with E-state index in [1.807, 2.05) is 68.4 Å². The van der Waals surface area contributed by atoms with Crippen molar-refractivity contribution in [3.8, 4) is 5.75 Å². The number of rotatable bonds is 12. The van der Waals surface area contributed by atoms with Crippen molar-refractivity contribution in [2.45, 2.75) is 37.8 Å². The molecule has 1 atom stereocenters. The smallest absolute Gasteiger partial charge is 0.264 e. The van der Waals surface area contributed by atoms with Crippen molar-refractivity contribution in [2.24, 2.45) is 0 Å². The Kier molecular flexibility index (Phi) is 10.8. The Morgan fingerprint density at radius 1 is 0.864 bits per heavy atom. The molecule has 0 heterocycles. The number of methoxy groups -OCH3 is 1. The first kappa shape index (κ1) is 32.8. The number of anilines is 1. The number of likely N-dealkylation sites (N-methyl/N-ethyl adjacent to an activating group) is 1. The van der Waals surface area contributed by atoms with Gasteiger partial charge in [0.25, 0.3) is 10.0 Å². The summed E-state index contributed by atoms with van der Waals surface area (Å²) < 4.78 is 35.2. The summed E-state index contributed by atoms with van der Waals surface area (Å²) in [7, 11) is -1.21. The molecule has 2 amide bonds. The summed E-state index contributed by atoms with van der Waals surface area (Å²) in [4.78, 5) is 29.2. The van der Waals surface area contributed by atoms with Crippen LogP contribution in [0.1, 0.15) is 22.3 Å². The Morgan fingerprint density at radius 3 is 2.16 bits per heavy atom. The van der Waals surface area contributed by atoms with Crippen LogP contribution in [-0.4, -0.2) is 51.9 Å². The second kappa shape index (κ2) is 14.5. The Labute approximate surface area is 267 Å². The summed E-state index contributed by atoms with van der Waals surface area (Å²) in [6.07, 6.45) is 0.251. The summed E-state index contributed by atoms with van der Waals surface area (Å²) in [5.41, 5.74) is 3.96. The van der Waals surface area contributed by atoms with E-state index in [1.165, 1.54) is 31.2 Å². The summed E-state index contributed by atoms with van der Waals surface area (Å²) in [6.45, 7) is 3.44. The van der Waals surface area contributed by atoms with E-state index in [-0.39, 0.29) is 23.8 Å². The van der Waals surface area contributed by atoms with E-state index in [2.05, 4.69) is 21.2 Å². The number of carbonyl (C=O) groups excluding carboxylic acids is 2. The summed E-state index contributed by atoms with van der Waals surface area (Å²) >= 11 is 3.38. The SMILES string of the molecule is CNC(=O)[C@H](Cc1ccccc1)N(Cc1cccc(C)c1)C(=O)CN(c1ccc(C)cc1)S(=O)(=O)c1ccc(OC)c(Br)c1. The van der Waals surface area contributed by atoms with Gasteiger partial charge in [-0.1, -0.05) is 77.9 Å². The van der Waals surface area contributed by atoms with Gasteiger partial charge >= 0.3 is 0 Å². The van der Waals surface area contributed by atoms with Crippen LogP contribution in [0.4, 0.5) is 5.69 Å². The number of benzene rings is 4. The van der Waals surface area contributed by atoms with Gasteiger partial charge in [-0.15, -0.1) is 0 Å². The Balaban J connectivity index is 1.80. The maximum atomic E-state index is 14.4. The molecule has 0 aliphatic rings. The molecule has 0 unspecified atom stereocenters. The van der Waals surface area contributed by atoms with Gasteiger partial charge in [0.05, 0.1) is 22.2 Å². The van der Waals surface area contributed by atoms with Crippen molar-refractivity contribution in [3.05, 3.63) is 124 Å². The molecule has 0 spiro atoms. The number of halogens is 1. The third-order valence-electron chi connectivity index (χ3n) is 7.26. The lowest BCUT2D eigenvalue weighted by molar-refractivity contribution is -0.139. The topological polar surface area (TPSA) is 96.0 Å². The van der Waals surface area contributed by atoms with Gasteiger partial charge in [-0.2, -0.15) is 0 Å². The molecule has 0 bridgehead atoms. The van der Waals surface area contributed by atoms with Gasteiger partial charge in [-0.05, 0) is 71.2 Å². The molecule has 0 radical (unpaired) electrons. The molecule has 4 rings (SSSR count). The second-order valence-electron chi connectivity index (χ2n) is 10.5. The van der Waals surface area contributed by atoms with Gasteiger partial charge < -0.3 is 15.0 Å². The fourth-order valence-corrected chi connectivity index (χ4v) is 7.04. The quantitative estimate of drug-likeness (QED) is 0.209. The first-order valence-electron chi connectivity index (χ1n) is 14.1. The molecule has 0 fully saturated rings. The van der Waals surface area contributed by atoms with Crippen LogP contribution >= 0.6 is 15.9 Å². The third kappa shape index (κ3) is 7.86. The summed E-state index contributed by atoms with van der Waals surface area (Å²) in [6, 6.07) is 27.6. The van der Waals surface area contributed by atoms with Crippen molar-refractivity contribution in [1.29, 1.82) is 0 Å². The number of hydrogen-bond donors (Lipinski definition) is 1. The summed E-state index contributed by atoms with van der Waals surface area (Å²) in [5.74, 6) is -0.396. The molecule has 44 heavy (non-hydrogen) atoms. The van der Waals surface area contributed by atoms with E-state index in [9.17, 15) is 18.0 Å². The van der Waals surface area contributed by atoms with Crippen molar-refractivity contribution >= 4 is 43.5 Å². The molecule has 1 N–H and O–H groups in total. The first-order chi connectivity index (χ1) is 21.0. The van der Waals surface area contributed by atoms with Gasteiger partial charge in [-0.25, -0.2) is 8.42 Å². The lowest BCUT2D eigenvalue weighted by Crippen LogP contribution is -2.53. The van der Waals surface area contributed by atoms with E-state index in [0.29, 0.717) is 15.9 Å². The predicted molar refractivity (Wildman–Crippen MR) is 176 cm³/mol. The van der Waals surface area contributed by atoms with E-state index < -0.39 is 28.5 Å². The van der Waals surface area contributed by atoms with Crippen LogP contribution in [0.2, 0.25) is 0 Å². The first-order valence-corrected chi connectivity index (χ1v) is 16.3. The Hall–Kier alpha value is -4.15. The highest BCUT2D eigenvalue weighted by Crippen LogP contribution is 2.31. The summed E-state index contributed by atoms with van der Waals surface area (Å²) in [5, 5.41) is 2.70. The predicted octanol–water partition coefficient (Wildman–Crippen LogP) is 5.66. The molecule has 0 aromatic heterocycles. The molecule has 8 nitrogen and oxygen atoms in total. The number of nitrogens with zero attached hydrogens (tertiary/aromatic N) is 2. The zero-order chi connectivity index (χ0) is 31.9. The van der Waals surface area contributed by atoms with Crippen LogP contribution in [0.15, 0.2) is 106 Å². The largest absolute Gasteiger partial charge is 0.496 e. The van der Waals surface area contributed by atoms with E-state index in [0.717, 1.165) is 26.6 Å². The monoisotopic (exact) mass is 677 g/mol. The molecule has 230 valence electrons. The molecule has 0 aliphatic heterocycles. The highest BCUT2D eigenvalue weighted by atomic mass is 79.9. The number of sulfonamides is 1. The average Bonchev–Trinajstić information content (AvgIpc) is 3.02. The lowest BCUT2D eigenvalue weighted by atomic mass is 10.0. The molecule has 4 aromatic carbocycles. The van der Waals surface area contributed by atoms with Crippen LogP contribution in [0, 0.1) is 13.8 Å². The molecular weight excluding hydrogens is 642 g/mol. The van der Waals surface area contributed by atoms with E-state index in [4.69, 9.17) is 4.74 Å². The minimum Gasteiger partial charge on any atom is -0.496 e. The van der Waals surface area contributed by atoms with Crippen molar-refractivity contribution in [1.82, 2.24) is 10.2 Å². The van der Waals surface area contributed by atoms with Crippen molar-refractivity contribution in [2.75, 3.05) is 25.0 Å². The molecule has 4 aromatic rings. The second-order valence-corrected chi connectivity index (χ2v) is 13.2. The number of aryl methyl sites for hydroxylation is 2.